The lowest BCUT2D eigenvalue weighted by molar-refractivity contribution is 0.520. The summed E-state index contributed by atoms with van der Waals surface area (Å²) in [6, 6.07) is 23.4. The summed E-state index contributed by atoms with van der Waals surface area (Å²) < 4.78 is 6.25. The lowest BCUT2D eigenvalue weighted by atomic mass is 10.1. The highest BCUT2D eigenvalue weighted by Crippen LogP contribution is 2.35. The van der Waals surface area contributed by atoms with Gasteiger partial charge in [-0.05, 0) is 35.9 Å². The minimum Gasteiger partial charge on any atom is -0.440 e. The zero-order chi connectivity index (χ0) is 19.8. The molecule has 0 aliphatic carbocycles. The van der Waals surface area contributed by atoms with Crippen LogP contribution in [0.25, 0.3) is 33.5 Å². The number of aromatic nitrogens is 2. The highest BCUT2D eigenvalue weighted by atomic mass is 35.5. The number of aromatic amines is 1. The molecule has 29 heavy (non-hydrogen) atoms. The van der Waals surface area contributed by atoms with Crippen LogP contribution in [0.1, 0.15) is 11.5 Å². The maximum absolute atomic E-state index is 6.25. The molecule has 3 aromatic carbocycles. The number of fused-ring (bicyclic) bond motifs is 1. The average molecular weight is 419 g/mol. The van der Waals surface area contributed by atoms with Crippen molar-refractivity contribution in [3.05, 3.63) is 100 Å². The van der Waals surface area contributed by atoms with Crippen LogP contribution in [-0.4, -0.2) is 9.97 Å². The zero-order valence-corrected chi connectivity index (χ0v) is 16.8. The molecule has 3 nitrogen and oxygen atoms in total. The van der Waals surface area contributed by atoms with E-state index in [1.54, 1.807) is 0 Å². The van der Waals surface area contributed by atoms with Gasteiger partial charge in [-0.3, -0.25) is 0 Å². The predicted molar refractivity (Wildman–Crippen MR) is 118 cm³/mol. The molecule has 142 valence electrons. The van der Waals surface area contributed by atoms with Gasteiger partial charge in [0.2, 0.25) is 0 Å². The van der Waals surface area contributed by atoms with Crippen molar-refractivity contribution in [2.45, 2.75) is 6.42 Å². The Morgan fingerprint density at radius 2 is 1.55 bits per heavy atom. The third-order valence-corrected chi connectivity index (χ3v) is 5.34. The summed E-state index contributed by atoms with van der Waals surface area (Å²) in [6.07, 6.45) is 2.59. The predicted octanol–water partition coefficient (Wildman–Crippen LogP) is 7.39. The Kier molecular flexibility index (Phi) is 4.62. The van der Waals surface area contributed by atoms with Gasteiger partial charge in [-0.25, -0.2) is 4.98 Å². The fourth-order valence-electron chi connectivity index (χ4n) is 3.54. The molecule has 0 aliphatic rings. The molecule has 2 aromatic heterocycles. The molecule has 0 fully saturated rings. The molecule has 0 atom stereocenters. The lowest BCUT2D eigenvalue weighted by Gasteiger charge is -2.02. The molecular formula is C24H16Cl2N2O. The Hall–Kier alpha value is -3.01. The topological polar surface area (TPSA) is 41.8 Å². The van der Waals surface area contributed by atoms with E-state index in [9.17, 15) is 0 Å². The number of halogens is 2. The number of rotatable bonds is 4. The van der Waals surface area contributed by atoms with Crippen LogP contribution in [-0.2, 0) is 6.42 Å². The molecule has 0 aliphatic heterocycles. The molecule has 0 unspecified atom stereocenters. The molecule has 5 rings (SSSR count). The van der Waals surface area contributed by atoms with Crippen LogP contribution in [0.4, 0.5) is 0 Å². The molecule has 0 saturated heterocycles. The van der Waals surface area contributed by atoms with Gasteiger partial charge < -0.3 is 9.40 Å². The second kappa shape index (κ2) is 7.43. The number of benzene rings is 3. The normalized spacial score (nSPS) is 11.2. The second-order valence-corrected chi connectivity index (χ2v) is 7.72. The largest absolute Gasteiger partial charge is 0.440 e. The van der Waals surface area contributed by atoms with Crippen molar-refractivity contribution in [3.63, 3.8) is 0 Å². The summed E-state index contributed by atoms with van der Waals surface area (Å²) in [7, 11) is 0. The molecule has 1 N–H and O–H groups in total. The molecule has 0 saturated carbocycles. The van der Waals surface area contributed by atoms with E-state index in [2.05, 4.69) is 17.1 Å². The molecule has 0 spiro atoms. The van der Waals surface area contributed by atoms with E-state index in [0.717, 1.165) is 27.9 Å². The molecule has 0 bridgehead atoms. The van der Waals surface area contributed by atoms with Crippen molar-refractivity contribution in [1.82, 2.24) is 9.97 Å². The van der Waals surface area contributed by atoms with Crippen molar-refractivity contribution < 1.29 is 4.42 Å². The molecule has 5 heteroatoms. The van der Waals surface area contributed by atoms with E-state index in [-0.39, 0.29) is 0 Å². The summed E-state index contributed by atoms with van der Waals surface area (Å²) in [5.74, 6) is 1.32. The summed E-state index contributed by atoms with van der Waals surface area (Å²) in [5, 5.41) is 2.47. The minimum atomic E-state index is 0.581. The Morgan fingerprint density at radius 1 is 0.828 bits per heavy atom. The minimum absolute atomic E-state index is 0.581. The Labute approximate surface area is 177 Å². The number of nitrogens with zero attached hydrogens (tertiary/aromatic N) is 1. The standard InChI is InChI=1S/C24H16Cl2N2O/c25-18-7-3-5-15(11-18)23-24(16-6-4-8-19(26)12-16)29-22(28-23)13-17-14-27-21-10-2-1-9-20(17)21/h1-12,14,27H,13H2. The average Bonchev–Trinajstić information content (AvgIpc) is 3.33. The van der Waals surface area contributed by atoms with Crippen molar-refractivity contribution in [2.75, 3.05) is 0 Å². The SMILES string of the molecule is Clc1cccc(-c2nc(Cc3c[nH]c4ccccc34)oc2-c2cccc(Cl)c2)c1. The quantitative estimate of drug-likeness (QED) is 0.330. The van der Waals surface area contributed by atoms with E-state index in [1.807, 2.05) is 66.9 Å². The number of nitrogens with one attached hydrogen (secondary N) is 1. The van der Waals surface area contributed by atoms with Crippen molar-refractivity contribution in [3.8, 4) is 22.6 Å². The van der Waals surface area contributed by atoms with Crippen molar-refractivity contribution >= 4 is 34.1 Å². The van der Waals surface area contributed by atoms with E-state index < -0.39 is 0 Å². The monoisotopic (exact) mass is 418 g/mol. The van der Waals surface area contributed by atoms with Crippen LogP contribution >= 0.6 is 23.2 Å². The zero-order valence-electron chi connectivity index (χ0n) is 15.3. The van der Waals surface area contributed by atoms with Gasteiger partial charge in [-0.15, -0.1) is 0 Å². The second-order valence-electron chi connectivity index (χ2n) is 6.84. The van der Waals surface area contributed by atoms with Gasteiger partial charge in [-0.1, -0.05) is 65.7 Å². The lowest BCUT2D eigenvalue weighted by Crippen LogP contribution is -1.87. The number of H-pyrrole nitrogens is 1. The number of hydrogen-bond acceptors (Lipinski definition) is 2. The Morgan fingerprint density at radius 3 is 2.34 bits per heavy atom. The van der Waals surface area contributed by atoms with Gasteiger partial charge in [0.15, 0.2) is 11.7 Å². The van der Waals surface area contributed by atoms with Gasteiger partial charge in [0.25, 0.3) is 0 Å². The van der Waals surface area contributed by atoms with Gasteiger partial charge in [-0.2, -0.15) is 0 Å². The highest BCUT2D eigenvalue weighted by molar-refractivity contribution is 6.31. The Balaban J connectivity index is 1.63. The van der Waals surface area contributed by atoms with E-state index in [4.69, 9.17) is 32.6 Å². The first-order valence-corrected chi connectivity index (χ1v) is 9.99. The number of para-hydroxylation sites is 1. The first-order chi connectivity index (χ1) is 14.2. The van der Waals surface area contributed by atoms with Gasteiger partial charge in [0.1, 0.15) is 5.69 Å². The summed E-state index contributed by atoms with van der Waals surface area (Å²) in [5.41, 5.74) is 4.77. The maximum atomic E-state index is 6.25. The molecule has 2 heterocycles. The van der Waals surface area contributed by atoms with E-state index >= 15 is 0 Å². The summed E-state index contributed by atoms with van der Waals surface area (Å²) in [4.78, 5) is 8.13. The van der Waals surface area contributed by atoms with Gasteiger partial charge in [0, 0.05) is 38.3 Å². The van der Waals surface area contributed by atoms with Gasteiger partial charge >= 0.3 is 0 Å². The first kappa shape index (κ1) is 18.0. The van der Waals surface area contributed by atoms with Crippen LogP contribution in [0.3, 0.4) is 0 Å². The summed E-state index contributed by atoms with van der Waals surface area (Å²) >= 11 is 12.4. The fraction of sp³-hybridized carbons (Fsp3) is 0.0417. The van der Waals surface area contributed by atoms with E-state index in [1.165, 1.54) is 5.39 Å². The molecule has 5 aromatic rings. The third kappa shape index (κ3) is 3.55. The maximum Gasteiger partial charge on any atom is 0.200 e. The third-order valence-electron chi connectivity index (χ3n) is 4.87. The fourth-order valence-corrected chi connectivity index (χ4v) is 3.92. The number of hydrogen-bond donors (Lipinski definition) is 1. The van der Waals surface area contributed by atoms with Crippen molar-refractivity contribution in [2.24, 2.45) is 0 Å². The van der Waals surface area contributed by atoms with Gasteiger partial charge in [0.05, 0.1) is 6.42 Å². The molecular weight excluding hydrogens is 403 g/mol. The van der Waals surface area contributed by atoms with Crippen molar-refractivity contribution in [1.29, 1.82) is 0 Å². The van der Waals surface area contributed by atoms with Crippen LogP contribution < -0.4 is 0 Å². The molecule has 0 radical (unpaired) electrons. The van der Waals surface area contributed by atoms with E-state index in [0.29, 0.717) is 28.1 Å². The first-order valence-electron chi connectivity index (χ1n) is 9.24. The van der Waals surface area contributed by atoms with Crippen LogP contribution in [0.5, 0.6) is 0 Å². The van der Waals surface area contributed by atoms with Crippen LogP contribution in [0.15, 0.2) is 83.4 Å². The number of oxazole rings is 1. The summed E-state index contributed by atoms with van der Waals surface area (Å²) in [6.45, 7) is 0. The highest BCUT2D eigenvalue weighted by Gasteiger charge is 2.18. The smallest absolute Gasteiger partial charge is 0.200 e. The Bertz CT molecular complexity index is 1260. The van der Waals surface area contributed by atoms with Crippen LogP contribution in [0, 0.1) is 0 Å². The molecule has 0 amide bonds. The van der Waals surface area contributed by atoms with Crippen LogP contribution in [0.2, 0.25) is 10.0 Å².